The van der Waals surface area contributed by atoms with Gasteiger partial charge in [0.05, 0.1) is 5.51 Å². The van der Waals surface area contributed by atoms with Crippen molar-refractivity contribution in [2.45, 2.75) is 25.7 Å². The van der Waals surface area contributed by atoms with Gasteiger partial charge in [0.25, 0.3) is 0 Å². The molecule has 0 atom stereocenters. The monoisotopic (exact) mass is 271 g/mol. The fraction of sp³-hybridized carbons (Fsp3) is 0.400. The van der Waals surface area contributed by atoms with Crippen LogP contribution in [0.1, 0.15) is 36.2 Å². The van der Waals surface area contributed by atoms with E-state index in [1.54, 1.807) is 5.51 Å². The van der Waals surface area contributed by atoms with Gasteiger partial charge in [-0.2, -0.15) is 0 Å². The molecule has 1 aromatic rings. The van der Waals surface area contributed by atoms with Crippen molar-refractivity contribution < 1.29 is 4.79 Å². The molecule has 2 rings (SSSR count). The standard InChI is InChI=1S/C10H10BrNOS/c11-10-9(12-6-14-10)8(13)5-7-3-1-2-4-7/h3,6H,1-2,4-5H2. The molecule has 0 saturated heterocycles. The summed E-state index contributed by atoms with van der Waals surface area (Å²) in [5.41, 5.74) is 3.55. The zero-order valence-corrected chi connectivity index (χ0v) is 10.0. The molecule has 0 spiro atoms. The quantitative estimate of drug-likeness (QED) is 0.621. The van der Waals surface area contributed by atoms with E-state index < -0.39 is 0 Å². The molecule has 0 amide bonds. The average molecular weight is 272 g/mol. The van der Waals surface area contributed by atoms with Crippen LogP contribution in [0.25, 0.3) is 0 Å². The maximum atomic E-state index is 11.8. The van der Waals surface area contributed by atoms with Crippen LogP contribution in [0.5, 0.6) is 0 Å². The molecule has 1 aliphatic carbocycles. The molecule has 14 heavy (non-hydrogen) atoms. The van der Waals surface area contributed by atoms with Gasteiger partial charge in [-0.1, -0.05) is 11.6 Å². The summed E-state index contributed by atoms with van der Waals surface area (Å²) in [6.45, 7) is 0. The average Bonchev–Trinajstić information content (AvgIpc) is 2.75. The third kappa shape index (κ3) is 2.12. The van der Waals surface area contributed by atoms with E-state index in [0.717, 1.165) is 16.6 Å². The molecule has 1 aromatic heterocycles. The third-order valence-electron chi connectivity index (χ3n) is 2.31. The number of hydrogen-bond acceptors (Lipinski definition) is 3. The van der Waals surface area contributed by atoms with E-state index in [1.807, 2.05) is 0 Å². The predicted octanol–water partition coefficient (Wildman–Crippen LogP) is 3.59. The number of hydrogen-bond donors (Lipinski definition) is 0. The van der Waals surface area contributed by atoms with Crippen LogP contribution in [0.4, 0.5) is 0 Å². The van der Waals surface area contributed by atoms with E-state index in [9.17, 15) is 4.79 Å². The smallest absolute Gasteiger partial charge is 0.187 e. The van der Waals surface area contributed by atoms with Gasteiger partial charge in [-0.3, -0.25) is 4.79 Å². The van der Waals surface area contributed by atoms with Gasteiger partial charge in [-0.15, -0.1) is 11.3 Å². The zero-order chi connectivity index (χ0) is 9.97. The van der Waals surface area contributed by atoms with Crippen molar-refractivity contribution in [2.24, 2.45) is 0 Å². The molecule has 0 aliphatic heterocycles. The molecule has 1 heterocycles. The van der Waals surface area contributed by atoms with Gasteiger partial charge in [-0.05, 0) is 35.2 Å². The first-order valence-electron chi connectivity index (χ1n) is 4.57. The summed E-state index contributed by atoms with van der Waals surface area (Å²) in [7, 11) is 0. The van der Waals surface area contributed by atoms with Gasteiger partial charge in [0.2, 0.25) is 0 Å². The predicted molar refractivity (Wildman–Crippen MR) is 60.7 cm³/mol. The van der Waals surface area contributed by atoms with Crippen LogP contribution in [0.2, 0.25) is 0 Å². The van der Waals surface area contributed by atoms with E-state index in [2.05, 4.69) is 27.0 Å². The molecule has 0 N–H and O–H groups in total. The van der Waals surface area contributed by atoms with Gasteiger partial charge in [0, 0.05) is 6.42 Å². The first-order valence-corrected chi connectivity index (χ1v) is 6.24. The Morgan fingerprint density at radius 1 is 1.64 bits per heavy atom. The van der Waals surface area contributed by atoms with Gasteiger partial charge >= 0.3 is 0 Å². The van der Waals surface area contributed by atoms with Crippen molar-refractivity contribution in [3.63, 3.8) is 0 Å². The minimum absolute atomic E-state index is 0.131. The largest absolute Gasteiger partial charge is 0.292 e. The maximum absolute atomic E-state index is 11.8. The van der Waals surface area contributed by atoms with Crippen molar-refractivity contribution in [1.82, 2.24) is 4.98 Å². The molecular weight excluding hydrogens is 262 g/mol. The molecule has 4 heteroatoms. The number of carbonyl (C=O) groups excluding carboxylic acids is 1. The van der Waals surface area contributed by atoms with E-state index in [4.69, 9.17) is 0 Å². The molecule has 2 nitrogen and oxygen atoms in total. The summed E-state index contributed by atoms with van der Waals surface area (Å²) >= 11 is 4.79. The van der Waals surface area contributed by atoms with Crippen LogP contribution in [-0.2, 0) is 0 Å². The second-order valence-electron chi connectivity index (χ2n) is 3.33. The van der Waals surface area contributed by atoms with Crippen molar-refractivity contribution >= 4 is 33.0 Å². The van der Waals surface area contributed by atoms with E-state index >= 15 is 0 Å². The molecule has 1 aliphatic rings. The summed E-state index contributed by atoms with van der Waals surface area (Å²) < 4.78 is 0.848. The zero-order valence-electron chi connectivity index (χ0n) is 7.62. The van der Waals surface area contributed by atoms with Crippen molar-refractivity contribution in [2.75, 3.05) is 0 Å². The number of nitrogens with zero attached hydrogens (tertiary/aromatic N) is 1. The highest BCUT2D eigenvalue weighted by molar-refractivity contribution is 9.11. The number of Topliss-reactive ketones (excluding diaryl/α,β-unsaturated/α-hetero) is 1. The molecule has 0 radical (unpaired) electrons. The summed E-state index contributed by atoms with van der Waals surface area (Å²) in [6.07, 6.45) is 6.12. The first-order chi connectivity index (χ1) is 6.77. The summed E-state index contributed by atoms with van der Waals surface area (Å²) in [6, 6.07) is 0. The second-order valence-corrected chi connectivity index (χ2v) is 5.50. The molecule has 0 bridgehead atoms. The first kappa shape index (κ1) is 10.1. The van der Waals surface area contributed by atoms with Crippen LogP contribution in [-0.4, -0.2) is 10.8 Å². The van der Waals surface area contributed by atoms with E-state index in [0.29, 0.717) is 12.1 Å². The van der Waals surface area contributed by atoms with Crippen molar-refractivity contribution in [3.05, 3.63) is 26.6 Å². The summed E-state index contributed by atoms with van der Waals surface area (Å²) in [5, 5.41) is 0. The molecule has 0 saturated carbocycles. The van der Waals surface area contributed by atoms with Gasteiger partial charge in [0.15, 0.2) is 5.78 Å². The highest BCUT2D eigenvalue weighted by atomic mass is 79.9. The Morgan fingerprint density at radius 3 is 3.07 bits per heavy atom. The molecule has 0 aromatic carbocycles. The number of thiazole rings is 1. The Morgan fingerprint density at radius 2 is 2.50 bits per heavy atom. The molecule has 0 fully saturated rings. The second kappa shape index (κ2) is 4.36. The molecule has 74 valence electrons. The number of ketones is 1. The van der Waals surface area contributed by atoms with E-state index in [-0.39, 0.29) is 5.78 Å². The van der Waals surface area contributed by atoms with Crippen LogP contribution >= 0.6 is 27.3 Å². The summed E-state index contributed by atoms with van der Waals surface area (Å²) in [4.78, 5) is 15.8. The van der Waals surface area contributed by atoms with Crippen LogP contribution in [0, 0.1) is 0 Å². The van der Waals surface area contributed by atoms with Gasteiger partial charge in [-0.25, -0.2) is 4.98 Å². The van der Waals surface area contributed by atoms with Crippen molar-refractivity contribution in [3.8, 4) is 0 Å². The Bertz CT molecular complexity index is 383. The Labute approximate surface area is 95.2 Å². The molecule has 0 unspecified atom stereocenters. The third-order valence-corrected chi connectivity index (χ3v) is 3.86. The minimum Gasteiger partial charge on any atom is -0.292 e. The normalized spacial score (nSPS) is 15.6. The Hall–Kier alpha value is -0.480. The van der Waals surface area contributed by atoms with Gasteiger partial charge < -0.3 is 0 Å². The van der Waals surface area contributed by atoms with Gasteiger partial charge in [0.1, 0.15) is 9.48 Å². The number of aromatic nitrogens is 1. The Kier molecular flexibility index (Phi) is 3.13. The topological polar surface area (TPSA) is 30.0 Å². The van der Waals surface area contributed by atoms with Crippen molar-refractivity contribution in [1.29, 1.82) is 0 Å². The maximum Gasteiger partial charge on any atom is 0.187 e. The number of allylic oxidation sites excluding steroid dienone is 2. The fourth-order valence-corrected chi connectivity index (χ4v) is 2.70. The number of carbonyl (C=O) groups is 1. The highest BCUT2D eigenvalue weighted by Crippen LogP contribution is 2.26. The van der Waals surface area contributed by atoms with E-state index in [1.165, 1.54) is 23.3 Å². The Balaban J connectivity index is 2.06. The lowest BCUT2D eigenvalue weighted by molar-refractivity contribution is 0.0987. The lowest BCUT2D eigenvalue weighted by Gasteiger charge is -1.98. The minimum atomic E-state index is 0.131. The lowest BCUT2D eigenvalue weighted by atomic mass is 10.1. The summed E-state index contributed by atoms with van der Waals surface area (Å²) in [5.74, 6) is 0.131. The molecular formula is C10H10BrNOS. The highest BCUT2D eigenvalue weighted by Gasteiger charge is 2.16. The van der Waals surface area contributed by atoms with Crippen LogP contribution < -0.4 is 0 Å². The fourth-order valence-electron chi connectivity index (χ4n) is 1.60. The van der Waals surface area contributed by atoms with Crippen LogP contribution in [0.15, 0.2) is 20.9 Å². The number of halogens is 1. The lowest BCUT2D eigenvalue weighted by Crippen LogP contribution is -2.01. The number of rotatable bonds is 3. The SMILES string of the molecule is O=C(CC1=CCCC1)c1ncsc1Br. The van der Waals surface area contributed by atoms with Crippen LogP contribution in [0.3, 0.4) is 0 Å².